The zero-order valence-electron chi connectivity index (χ0n) is 31.9. The topological polar surface area (TPSA) is 54.5 Å². The lowest BCUT2D eigenvalue weighted by Crippen LogP contribution is -2.23. The van der Waals surface area contributed by atoms with E-state index in [9.17, 15) is 0 Å². The van der Waals surface area contributed by atoms with Crippen molar-refractivity contribution in [3.05, 3.63) is 96.6 Å². The van der Waals surface area contributed by atoms with Gasteiger partial charge >= 0.3 is 0 Å². The van der Waals surface area contributed by atoms with E-state index in [2.05, 4.69) is 89.8 Å². The molecule has 5 nitrogen and oxygen atoms in total. The molecule has 2 aliphatic rings. The summed E-state index contributed by atoms with van der Waals surface area (Å²) in [5.74, 6) is 0.671. The second-order valence-electron chi connectivity index (χ2n) is 11.6. The Hall–Kier alpha value is -2.19. The molecule has 274 valence electrons. The van der Waals surface area contributed by atoms with Crippen molar-refractivity contribution in [3.63, 3.8) is 0 Å². The standard InChI is InChI=1S/C13H20O.C12H19N.C8H8S.C5H14N2.C2H6O.C2H6/c1-2-11-8-12(9-11)10-14-13-6-4-3-5-7-13;1-2-10-13-11-6-9-12-7-4-3-5-8-12;1-2-7-3-5-8(9)6-4-7;1-6-4-3-5-7-2;1-3-2;1-2/h2,8,12-13H,1,3-7,9-10H2;3-5,7-8,13H,2,6,9-11H2,1H3;2-6,9H,1H2;6-7H,3-5H2,1-2H3;1-2H3;1-2H3. The van der Waals surface area contributed by atoms with Gasteiger partial charge in [-0.15, -0.1) is 12.6 Å². The predicted octanol–water partition coefficient (Wildman–Crippen LogP) is 9.81. The van der Waals surface area contributed by atoms with Crippen molar-refractivity contribution in [1.29, 1.82) is 0 Å². The highest BCUT2D eigenvalue weighted by Crippen LogP contribution is 2.28. The predicted molar refractivity (Wildman–Crippen MR) is 218 cm³/mol. The van der Waals surface area contributed by atoms with E-state index in [0.29, 0.717) is 12.0 Å². The fourth-order valence-corrected chi connectivity index (χ4v) is 4.89. The normalized spacial score (nSPS) is 14.5. The maximum atomic E-state index is 5.90. The minimum atomic E-state index is 0.560. The van der Waals surface area contributed by atoms with Gasteiger partial charge in [0.1, 0.15) is 0 Å². The highest BCUT2D eigenvalue weighted by Gasteiger charge is 2.20. The number of aryl methyl sites for hydroxylation is 1. The Balaban J connectivity index is 0. The fraction of sp³-hybridized carbons (Fsp3) is 0.571. The zero-order chi connectivity index (χ0) is 36.1. The number of nitrogens with one attached hydrogen (secondary N) is 3. The molecule has 0 radical (unpaired) electrons. The van der Waals surface area contributed by atoms with E-state index >= 15 is 0 Å². The molecule has 0 saturated heterocycles. The number of hydrogen-bond acceptors (Lipinski definition) is 6. The number of hydrogen-bond donors (Lipinski definition) is 4. The molecule has 0 heterocycles. The molecule has 1 unspecified atom stereocenters. The second kappa shape index (κ2) is 37.6. The van der Waals surface area contributed by atoms with Gasteiger partial charge in [0, 0.05) is 25.0 Å². The molecule has 1 saturated carbocycles. The van der Waals surface area contributed by atoms with Crippen LogP contribution in [0.15, 0.2) is 90.4 Å². The van der Waals surface area contributed by atoms with Gasteiger partial charge in [0.05, 0.1) is 12.7 Å². The number of ether oxygens (including phenoxy) is 2. The van der Waals surface area contributed by atoms with Gasteiger partial charge in [0.2, 0.25) is 0 Å². The van der Waals surface area contributed by atoms with E-state index in [-0.39, 0.29) is 0 Å². The van der Waals surface area contributed by atoms with Crippen LogP contribution >= 0.6 is 12.6 Å². The molecule has 0 spiro atoms. The molecule has 1 atom stereocenters. The summed E-state index contributed by atoms with van der Waals surface area (Å²) in [6.07, 6.45) is 19.4. The van der Waals surface area contributed by atoms with E-state index < -0.39 is 0 Å². The van der Waals surface area contributed by atoms with Crippen LogP contribution in [0.25, 0.3) is 6.08 Å². The van der Waals surface area contributed by atoms with E-state index in [4.69, 9.17) is 4.74 Å². The van der Waals surface area contributed by atoms with Crippen LogP contribution in [0.2, 0.25) is 0 Å². The van der Waals surface area contributed by atoms with Crippen LogP contribution in [-0.4, -0.2) is 67.2 Å². The summed E-state index contributed by atoms with van der Waals surface area (Å²) in [6.45, 7) is 19.0. The lowest BCUT2D eigenvalue weighted by Gasteiger charge is -2.27. The van der Waals surface area contributed by atoms with Crippen molar-refractivity contribution in [1.82, 2.24) is 16.0 Å². The van der Waals surface area contributed by atoms with Crippen molar-refractivity contribution in [2.45, 2.75) is 96.0 Å². The Bertz CT molecular complexity index is 972. The number of allylic oxidation sites excluding steroid dienone is 2. The van der Waals surface area contributed by atoms with Crippen LogP contribution in [0.4, 0.5) is 0 Å². The molecule has 2 aliphatic carbocycles. The minimum Gasteiger partial charge on any atom is -0.388 e. The minimum absolute atomic E-state index is 0.560. The van der Waals surface area contributed by atoms with Gasteiger partial charge in [-0.2, -0.15) is 0 Å². The monoisotopic (exact) mass is 684 g/mol. The van der Waals surface area contributed by atoms with Crippen LogP contribution in [0.1, 0.15) is 89.7 Å². The van der Waals surface area contributed by atoms with E-state index in [1.807, 2.05) is 64.4 Å². The molecule has 2 aromatic carbocycles. The van der Waals surface area contributed by atoms with Crippen molar-refractivity contribution in [3.8, 4) is 0 Å². The number of benzene rings is 2. The zero-order valence-corrected chi connectivity index (χ0v) is 32.8. The summed E-state index contributed by atoms with van der Waals surface area (Å²) < 4.78 is 10.2. The van der Waals surface area contributed by atoms with Crippen molar-refractivity contribution in [2.24, 2.45) is 5.92 Å². The fourth-order valence-electron chi connectivity index (χ4n) is 4.74. The summed E-state index contributed by atoms with van der Waals surface area (Å²) in [5.41, 5.74) is 3.97. The summed E-state index contributed by atoms with van der Waals surface area (Å²) in [7, 11) is 7.19. The summed E-state index contributed by atoms with van der Waals surface area (Å²) in [4.78, 5) is 0.987. The van der Waals surface area contributed by atoms with E-state index in [1.165, 1.54) is 75.3 Å². The van der Waals surface area contributed by atoms with Crippen molar-refractivity contribution in [2.75, 3.05) is 61.1 Å². The third-order valence-corrected chi connectivity index (χ3v) is 7.68. The highest BCUT2D eigenvalue weighted by molar-refractivity contribution is 7.80. The highest BCUT2D eigenvalue weighted by atomic mass is 32.1. The average molecular weight is 684 g/mol. The van der Waals surface area contributed by atoms with Gasteiger partial charge in [-0.05, 0) is 108 Å². The lowest BCUT2D eigenvalue weighted by molar-refractivity contribution is 0.0128. The summed E-state index contributed by atoms with van der Waals surface area (Å²) in [5, 5.41) is 9.53. The van der Waals surface area contributed by atoms with Gasteiger partial charge in [-0.25, -0.2) is 0 Å². The molecule has 0 aromatic heterocycles. The third-order valence-electron chi connectivity index (χ3n) is 7.38. The van der Waals surface area contributed by atoms with Crippen LogP contribution < -0.4 is 16.0 Å². The first-order chi connectivity index (χ1) is 23.5. The first-order valence-corrected chi connectivity index (χ1v) is 18.7. The molecular formula is C42H73N3O2S. The van der Waals surface area contributed by atoms with Crippen LogP contribution in [-0.2, 0) is 15.9 Å². The smallest absolute Gasteiger partial charge is 0.0575 e. The van der Waals surface area contributed by atoms with Crippen LogP contribution in [0.5, 0.6) is 0 Å². The van der Waals surface area contributed by atoms with Gasteiger partial charge in [0.25, 0.3) is 0 Å². The molecule has 0 aliphatic heterocycles. The van der Waals surface area contributed by atoms with E-state index in [1.54, 1.807) is 14.2 Å². The first-order valence-electron chi connectivity index (χ1n) is 18.3. The summed E-state index contributed by atoms with van der Waals surface area (Å²) >= 11 is 4.14. The molecular weight excluding hydrogens is 611 g/mol. The lowest BCUT2D eigenvalue weighted by atomic mass is 9.87. The van der Waals surface area contributed by atoms with Gasteiger partial charge < -0.3 is 25.4 Å². The van der Waals surface area contributed by atoms with Crippen LogP contribution in [0.3, 0.4) is 0 Å². The van der Waals surface area contributed by atoms with Gasteiger partial charge in [-0.3, -0.25) is 0 Å². The maximum Gasteiger partial charge on any atom is 0.0575 e. The Labute approximate surface area is 302 Å². The Morgan fingerprint density at radius 2 is 1.40 bits per heavy atom. The Morgan fingerprint density at radius 3 is 1.90 bits per heavy atom. The molecule has 0 amide bonds. The van der Waals surface area contributed by atoms with Gasteiger partial charge in [-0.1, -0.05) is 119 Å². The molecule has 48 heavy (non-hydrogen) atoms. The van der Waals surface area contributed by atoms with E-state index in [0.717, 1.165) is 43.2 Å². The maximum absolute atomic E-state index is 5.90. The van der Waals surface area contributed by atoms with Crippen LogP contribution in [0, 0.1) is 5.92 Å². The molecule has 1 fully saturated rings. The quantitative estimate of drug-likeness (QED) is 0.111. The third kappa shape index (κ3) is 29.9. The van der Waals surface area contributed by atoms with Crippen molar-refractivity contribution >= 4 is 18.7 Å². The molecule has 4 rings (SSSR count). The number of thiol groups is 1. The first kappa shape index (κ1) is 47.9. The molecule has 6 heteroatoms. The Morgan fingerprint density at radius 1 is 0.812 bits per heavy atom. The summed E-state index contributed by atoms with van der Waals surface area (Å²) in [6, 6.07) is 18.5. The largest absolute Gasteiger partial charge is 0.388 e. The molecule has 3 N–H and O–H groups in total. The second-order valence-corrected chi connectivity index (χ2v) is 12.1. The molecule has 2 aromatic rings. The number of rotatable bonds is 15. The number of methoxy groups -OCH3 is 1. The average Bonchev–Trinajstić information content (AvgIpc) is 3.11. The van der Waals surface area contributed by atoms with Crippen molar-refractivity contribution < 1.29 is 9.47 Å². The Kier molecular flexibility index (Phi) is 37.6. The SMILES string of the molecule is C=CC1=CC(COC2CCCCC2)C1.C=Cc1ccc(S)cc1.CC.CCCNCCCc1ccccc1.CNCCCNC.COC. The molecule has 0 bridgehead atoms. The van der Waals surface area contributed by atoms with Gasteiger partial charge in [0.15, 0.2) is 0 Å².